The topological polar surface area (TPSA) is 118 Å². The Morgan fingerprint density at radius 2 is 1.89 bits per heavy atom. The van der Waals surface area contributed by atoms with Crippen molar-refractivity contribution in [2.75, 3.05) is 36.4 Å². The van der Waals surface area contributed by atoms with E-state index in [0.717, 1.165) is 34.2 Å². The third-order valence-corrected chi connectivity index (χ3v) is 7.67. The summed E-state index contributed by atoms with van der Waals surface area (Å²) in [6.45, 7) is 6.70. The van der Waals surface area contributed by atoms with Gasteiger partial charge in [-0.15, -0.1) is 0 Å². The molecular formula is C27H33N9O. The second-order valence-electron chi connectivity index (χ2n) is 10.2. The van der Waals surface area contributed by atoms with Gasteiger partial charge in [0.25, 0.3) is 0 Å². The lowest BCUT2D eigenvalue weighted by Crippen LogP contribution is -2.51. The highest BCUT2D eigenvalue weighted by molar-refractivity contribution is 5.87. The Balaban J connectivity index is 1.40. The van der Waals surface area contributed by atoms with Gasteiger partial charge in [0.1, 0.15) is 11.0 Å². The van der Waals surface area contributed by atoms with Crippen LogP contribution in [0.25, 0.3) is 21.9 Å². The number of primary amides is 1. The maximum Gasteiger partial charge on any atom is 0.314 e. The van der Waals surface area contributed by atoms with Gasteiger partial charge in [0, 0.05) is 43.8 Å². The number of nitrogens with two attached hydrogens (primary N) is 1. The fraction of sp³-hybridized carbons (Fsp3) is 0.444. The summed E-state index contributed by atoms with van der Waals surface area (Å²) in [6, 6.07) is 10.4. The van der Waals surface area contributed by atoms with Gasteiger partial charge in [-0.1, -0.05) is 25.1 Å². The number of rotatable bonds is 7. The van der Waals surface area contributed by atoms with Gasteiger partial charge in [-0.05, 0) is 49.8 Å². The molecule has 10 nitrogen and oxygen atoms in total. The number of amides is 2. The number of hydrogen-bond acceptors (Lipinski definition) is 7. The van der Waals surface area contributed by atoms with Crippen molar-refractivity contribution < 1.29 is 4.79 Å². The molecule has 0 bridgehead atoms. The quantitative estimate of drug-likeness (QED) is 0.393. The Hall–Kier alpha value is -3.95. The lowest BCUT2D eigenvalue weighted by atomic mass is 10.0. The Morgan fingerprint density at radius 3 is 2.62 bits per heavy atom. The van der Waals surface area contributed by atoms with Crippen molar-refractivity contribution >= 4 is 39.7 Å². The lowest BCUT2D eigenvalue weighted by Gasteiger charge is -2.34. The number of carbonyl (C=O) groups excluding carboxylic acids is 1. The summed E-state index contributed by atoms with van der Waals surface area (Å²) in [5.74, 6) is 1.96. The first-order valence-electron chi connectivity index (χ1n) is 13.2. The molecule has 4 aromatic rings. The number of urea groups is 1. The molecular weight excluding hydrogens is 466 g/mol. The zero-order valence-electron chi connectivity index (χ0n) is 21.3. The monoisotopic (exact) mass is 499 g/mol. The number of piperazine rings is 1. The second-order valence-corrected chi connectivity index (χ2v) is 10.2. The number of para-hydroxylation sites is 1. The van der Waals surface area contributed by atoms with Gasteiger partial charge < -0.3 is 20.9 Å². The average molecular weight is 500 g/mol. The van der Waals surface area contributed by atoms with Gasteiger partial charge in [-0.25, -0.2) is 9.78 Å². The molecule has 10 heteroatoms. The van der Waals surface area contributed by atoms with Crippen LogP contribution in [0.4, 0.5) is 16.6 Å². The van der Waals surface area contributed by atoms with Crippen molar-refractivity contribution in [3.05, 3.63) is 48.3 Å². The molecule has 1 aliphatic carbocycles. The molecule has 2 amide bonds. The van der Waals surface area contributed by atoms with E-state index in [2.05, 4.69) is 42.3 Å². The molecule has 1 aliphatic heterocycles. The summed E-state index contributed by atoms with van der Waals surface area (Å²) in [5, 5.41) is 9.65. The smallest absolute Gasteiger partial charge is 0.314 e. The molecule has 2 atom stereocenters. The molecule has 1 saturated carbocycles. The van der Waals surface area contributed by atoms with Crippen LogP contribution >= 0.6 is 0 Å². The van der Waals surface area contributed by atoms with E-state index in [-0.39, 0.29) is 18.1 Å². The van der Waals surface area contributed by atoms with E-state index in [1.807, 2.05) is 29.2 Å². The summed E-state index contributed by atoms with van der Waals surface area (Å²) < 4.78 is 2.04. The molecule has 1 saturated heterocycles. The van der Waals surface area contributed by atoms with Gasteiger partial charge in [-0.2, -0.15) is 10.1 Å². The van der Waals surface area contributed by atoms with Gasteiger partial charge in [-0.3, -0.25) is 9.67 Å². The zero-order valence-corrected chi connectivity index (χ0v) is 21.3. The number of nitrogens with one attached hydrogen (secondary N) is 1. The van der Waals surface area contributed by atoms with Crippen LogP contribution in [0.5, 0.6) is 0 Å². The number of carbonyl (C=O) groups is 1. The Morgan fingerprint density at radius 1 is 1.11 bits per heavy atom. The summed E-state index contributed by atoms with van der Waals surface area (Å²) in [4.78, 5) is 30.1. The fourth-order valence-electron chi connectivity index (χ4n) is 5.13. The third-order valence-electron chi connectivity index (χ3n) is 7.67. The average Bonchev–Trinajstić information content (AvgIpc) is 3.68. The first-order valence-corrected chi connectivity index (χ1v) is 13.2. The van der Waals surface area contributed by atoms with Gasteiger partial charge in [0.2, 0.25) is 5.95 Å². The number of nitrogens with zero attached hydrogens (tertiary/aromatic N) is 7. The minimum absolute atomic E-state index is 0.0926. The molecule has 0 spiro atoms. The summed E-state index contributed by atoms with van der Waals surface area (Å²) in [7, 11) is 0. The Kier molecular flexibility index (Phi) is 6.02. The number of pyridine rings is 1. The minimum Gasteiger partial charge on any atom is -0.361 e. The summed E-state index contributed by atoms with van der Waals surface area (Å²) >= 11 is 0. The van der Waals surface area contributed by atoms with Crippen molar-refractivity contribution in [1.29, 1.82) is 0 Å². The van der Waals surface area contributed by atoms with Crippen LogP contribution in [0.15, 0.2) is 42.7 Å². The summed E-state index contributed by atoms with van der Waals surface area (Å²) in [6.07, 6.45) is 7.12. The van der Waals surface area contributed by atoms with Crippen LogP contribution in [-0.2, 0) is 0 Å². The minimum atomic E-state index is -0.385. The second kappa shape index (κ2) is 9.49. The third kappa shape index (κ3) is 4.52. The van der Waals surface area contributed by atoms with Gasteiger partial charge in [0.05, 0.1) is 17.8 Å². The van der Waals surface area contributed by atoms with E-state index in [1.54, 1.807) is 4.90 Å². The van der Waals surface area contributed by atoms with Crippen molar-refractivity contribution in [2.24, 2.45) is 11.7 Å². The van der Waals surface area contributed by atoms with Crippen LogP contribution in [0.2, 0.25) is 0 Å². The van der Waals surface area contributed by atoms with Gasteiger partial charge >= 0.3 is 6.03 Å². The van der Waals surface area contributed by atoms with Crippen molar-refractivity contribution in [3.63, 3.8) is 0 Å². The largest absolute Gasteiger partial charge is 0.361 e. The number of fused-ring (bicyclic) bond motifs is 2. The van der Waals surface area contributed by atoms with E-state index in [4.69, 9.17) is 25.8 Å². The molecule has 1 unspecified atom stereocenters. The molecule has 2 aliphatic rings. The van der Waals surface area contributed by atoms with Gasteiger partial charge in [0.15, 0.2) is 5.82 Å². The van der Waals surface area contributed by atoms with Crippen molar-refractivity contribution in [3.8, 4) is 0 Å². The number of aromatic nitrogens is 5. The molecule has 3 N–H and O–H groups in total. The highest BCUT2D eigenvalue weighted by Crippen LogP contribution is 2.44. The van der Waals surface area contributed by atoms with Crippen LogP contribution in [0.3, 0.4) is 0 Å². The lowest BCUT2D eigenvalue weighted by molar-refractivity contribution is 0.204. The summed E-state index contributed by atoms with van der Waals surface area (Å²) in [5.41, 5.74) is 9.39. The predicted octanol–water partition coefficient (Wildman–Crippen LogP) is 4.11. The molecule has 192 valence electrons. The van der Waals surface area contributed by atoms with Crippen LogP contribution in [0, 0.1) is 5.92 Å². The van der Waals surface area contributed by atoms with E-state index < -0.39 is 0 Å². The predicted molar refractivity (Wildman–Crippen MR) is 145 cm³/mol. The Labute approximate surface area is 215 Å². The maximum atomic E-state index is 11.6. The molecule has 1 aromatic carbocycles. The first-order chi connectivity index (χ1) is 18.0. The highest BCUT2D eigenvalue weighted by atomic mass is 16.2. The van der Waals surface area contributed by atoms with Crippen LogP contribution in [-0.4, -0.2) is 61.8 Å². The molecule has 37 heavy (non-hydrogen) atoms. The zero-order chi connectivity index (χ0) is 25.5. The van der Waals surface area contributed by atoms with E-state index >= 15 is 0 Å². The normalized spacial score (nSPS) is 17.8. The first kappa shape index (κ1) is 23.4. The van der Waals surface area contributed by atoms with Crippen molar-refractivity contribution in [1.82, 2.24) is 29.6 Å². The van der Waals surface area contributed by atoms with E-state index in [0.29, 0.717) is 38.0 Å². The molecule has 0 radical (unpaired) electrons. The SMILES string of the molecule is CCC(C)n1ncc2nc(N3CCN(C(N)=O)CC3)nc(N[C@@H](c3cnc4ccccc4c3)C3CC3)c21. The van der Waals surface area contributed by atoms with Crippen LogP contribution < -0.4 is 16.0 Å². The number of hydrogen-bond donors (Lipinski definition) is 2. The highest BCUT2D eigenvalue weighted by Gasteiger charge is 2.34. The fourth-order valence-corrected chi connectivity index (χ4v) is 5.13. The number of anilines is 2. The molecule has 6 rings (SSSR count). The maximum absolute atomic E-state index is 11.6. The molecule has 4 heterocycles. The van der Waals surface area contributed by atoms with Crippen LogP contribution in [0.1, 0.15) is 50.8 Å². The standard InChI is InChI=1S/C27H33N9O/c1-3-17(2)36-24-22(16-30-36)31-27(35-12-10-34(11-13-35)26(28)37)33-25(24)32-23(18-8-9-18)20-14-19-6-4-5-7-21(19)29-15-20/h4-7,14-18,23H,3,8-13H2,1-2H3,(H2,28,37)(H,31,32,33)/t17?,23-/m1/s1. The molecule has 3 aromatic heterocycles. The van der Waals surface area contributed by atoms with E-state index in [9.17, 15) is 4.79 Å². The Bertz CT molecular complexity index is 1440. The number of benzene rings is 1. The molecule has 2 fully saturated rings. The van der Waals surface area contributed by atoms with E-state index in [1.165, 1.54) is 18.4 Å². The van der Waals surface area contributed by atoms with Crippen molar-refractivity contribution in [2.45, 2.75) is 45.2 Å².